The van der Waals surface area contributed by atoms with Crippen molar-refractivity contribution in [2.75, 3.05) is 25.0 Å². The number of aromatic nitrogens is 2. The van der Waals surface area contributed by atoms with E-state index in [0.29, 0.717) is 13.1 Å². The minimum Gasteiger partial charge on any atom is -0.481 e. The second-order valence-corrected chi connectivity index (χ2v) is 9.42. The molecule has 2 N–H and O–H groups in total. The van der Waals surface area contributed by atoms with Gasteiger partial charge in [0.1, 0.15) is 6.61 Å². The third-order valence-corrected chi connectivity index (χ3v) is 7.38. The quantitative estimate of drug-likeness (QED) is 0.590. The van der Waals surface area contributed by atoms with Crippen LogP contribution >= 0.6 is 0 Å². The van der Waals surface area contributed by atoms with E-state index < -0.39 is 12.1 Å². The maximum Gasteiger partial charge on any atom is 0.411 e. The van der Waals surface area contributed by atoms with Gasteiger partial charge in [-0.1, -0.05) is 48.5 Å². The largest absolute Gasteiger partial charge is 0.481 e. The van der Waals surface area contributed by atoms with E-state index in [9.17, 15) is 19.5 Å². The minimum atomic E-state index is -0.803. The highest BCUT2D eigenvalue weighted by Gasteiger charge is 2.60. The highest BCUT2D eigenvalue weighted by atomic mass is 16.5. The summed E-state index contributed by atoms with van der Waals surface area (Å²) in [4.78, 5) is 38.6. The molecule has 2 amide bonds. The van der Waals surface area contributed by atoms with Crippen molar-refractivity contribution in [3.63, 3.8) is 0 Å². The van der Waals surface area contributed by atoms with Gasteiger partial charge in [0, 0.05) is 32.3 Å². The SMILES string of the molecule is Cn1cc(NC(=O)OCC2c3ccccc3-c3ccccc32)c(C(=O)N2CC3C(C2)C3C(=O)O)n1. The van der Waals surface area contributed by atoms with Crippen LogP contribution in [0.1, 0.15) is 27.5 Å². The van der Waals surface area contributed by atoms with E-state index in [2.05, 4.69) is 34.7 Å². The predicted molar refractivity (Wildman–Crippen MR) is 126 cm³/mol. The summed E-state index contributed by atoms with van der Waals surface area (Å²) in [6.07, 6.45) is 0.898. The molecule has 0 radical (unpaired) electrons. The van der Waals surface area contributed by atoms with Crippen LogP contribution in [0.4, 0.5) is 10.5 Å². The fourth-order valence-electron chi connectivity index (χ4n) is 5.69. The number of benzene rings is 2. The summed E-state index contributed by atoms with van der Waals surface area (Å²) >= 11 is 0. The van der Waals surface area contributed by atoms with E-state index in [1.165, 1.54) is 4.68 Å². The molecule has 1 saturated heterocycles. The second-order valence-electron chi connectivity index (χ2n) is 9.42. The van der Waals surface area contributed by atoms with E-state index in [1.807, 2.05) is 24.3 Å². The van der Waals surface area contributed by atoms with Gasteiger partial charge in [-0.2, -0.15) is 5.10 Å². The number of carboxylic acid groups (broad SMARTS) is 1. The zero-order valence-corrected chi connectivity index (χ0v) is 19.0. The number of carbonyl (C=O) groups is 3. The summed E-state index contributed by atoms with van der Waals surface area (Å²) in [5.41, 5.74) is 4.91. The molecule has 2 heterocycles. The molecule has 1 saturated carbocycles. The van der Waals surface area contributed by atoms with Gasteiger partial charge in [-0.05, 0) is 34.1 Å². The zero-order chi connectivity index (χ0) is 24.3. The molecule has 3 aliphatic rings. The van der Waals surface area contributed by atoms with Gasteiger partial charge in [0.25, 0.3) is 5.91 Å². The number of ether oxygens (including phenoxy) is 1. The number of aryl methyl sites for hydroxylation is 1. The second kappa shape index (κ2) is 7.97. The van der Waals surface area contributed by atoms with Crippen molar-refractivity contribution in [2.24, 2.45) is 24.8 Å². The Labute approximate surface area is 201 Å². The van der Waals surface area contributed by atoms with E-state index >= 15 is 0 Å². The van der Waals surface area contributed by atoms with E-state index in [1.54, 1.807) is 18.1 Å². The van der Waals surface area contributed by atoms with Gasteiger partial charge in [-0.15, -0.1) is 0 Å². The number of carbonyl (C=O) groups excluding carboxylic acids is 2. The van der Waals surface area contributed by atoms with Gasteiger partial charge in [-0.25, -0.2) is 4.79 Å². The Bertz CT molecular complexity index is 1310. The monoisotopic (exact) mass is 472 g/mol. The molecule has 2 aromatic carbocycles. The van der Waals surface area contributed by atoms with E-state index in [-0.39, 0.29) is 47.6 Å². The van der Waals surface area contributed by atoms with Crippen molar-refractivity contribution in [1.82, 2.24) is 14.7 Å². The zero-order valence-electron chi connectivity index (χ0n) is 19.0. The van der Waals surface area contributed by atoms with Crippen molar-refractivity contribution in [2.45, 2.75) is 5.92 Å². The number of likely N-dealkylation sites (tertiary alicyclic amines) is 1. The molecule has 6 rings (SSSR count). The van der Waals surface area contributed by atoms with Gasteiger partial charge in [-0.3, -0.25) is 19.6 Å². The first-order valence-electron chi connectivity index (χ1n) is 11.6. The van der Waals surface area contributed by atoms with Crippen LogP contribution in [0.5, 0.6) is 0 Å². The molecule has 1 aromatic heterocycles. The smallest absolute Gasteiger partial charge is 0.411 e. The first-order chi connectivity index (χ1) is 16.9. The summed E-state index contributed by atoms with van der Waals surface area (Å²) in [7, 11) is 1.67. The van der Waals surface area contributed by atoms with Gasteiger partial charge in [0.2, 0.25) is 0 Å². The van der Waals surface area contributed by atoms with Crippen molar-refractivity contribution < 1.29 is 24.2 Å². The van der Waals surface area contributed by atoms with Crippen LogP contribution in [0.15, 0.2) is 54.7 Å². The fraction of sp³-hybridized carbons (Fsp3) is 0.308. The lowest BCUT2D eigenvalue weighted by atomic mass is 9.98. The number of rotatable bonds is 5. The Balaban J connectivity index is 1.13. The molecule has 2 unspecified atom stereocenters. The molecule has 178 valence electrons. The molecule has 2 aliphatic carbocycles. The number of nitrogens with zero attached hydrogens (tertiary/aromatic N) is 3. The average molecular weight is 473 g/mol. The lowest BCUT2D eigenvalue weighted by molar-refractivity contribution is -0.139. The molecular weight excluding hydrogens is 448 g/mol. The number of nitrogens with one attached hydrogen (secondary N) is 1. The number of aliphatic carboxylic acids is 1. The summed E-state index contributed by atoms with van der Waals surface area (Å²) in [5.74, 6) is -1.56. The van der Waals surface area contributed by atoms with Gasteiger partial charge < -0.3 is 14.7 Å². The van der Waals surface area contributed by atoms with Crippen molar-refractivity contribution in [3.05, 3.63) is 71.5 Å². The first kappa shape index (κ1) is 21.4. The van der Waals surface area contributed by atoms with E-state index in [0.717, 1.165) is 22.3 Å². The first-order valence-corrected chi connectivity index (χ1v) is 11.6. The number of fused-ring (bicyclic) bond motifs is 4. The minimum absolute atomic E-state index is 0.00120. The molecule has 2 fully saturated rings. The lowest BCUT2D eigenvalue weighted by Crippen LogP contribution is -2.33. The number of piperidine rings is 1. The van der Waals surface area contributed by atoms with Gasteiger partial charge in [0.05, 0.1) is 11.6 Å². The van der Waals surface area contributed by atoms with Gasteiger partial charge in [0.15, 0.2) is 5.69 Å². The van der Waals surface area contributed by atoms with Crippen LogP contribution in [0.2, 0.25) is 0 Å². The standard InChI is InChI=1S/C26H24N4O5/c1-29-12-21(23(28-29)24(31)30-10-18-19(11-30)22(18)25(32)33)27-26(34)35-13-20-16-8-4-2-6-14(16)15-7-3-5-9-17(15)20/h2-9,12,18-20,22H,10-11,13H2,1H3,(H,27,34)(H,32,33). The highest BCUT2D eigenvalue weighted by molar-refractivity contribution is 6.01. The predicted octanol–water partition coefficient (Wildman–Crippen LogP) is 3.18. The maximum atomic E-state index is 13.1. The summed E-state index contributed by atoms with van der Waals surface area (Å²) in [6.45, 7) is 0.943. The molecule has 1 aliphatic heterocycles. The molecule has 9 nitrogen and oxygen atoms in total. The maximum absolute atomic E-state index is 13.1. The number of hydrogen-bond donors (Lipinski definition) is 2. The topological polar surface area (TPSA) is 114 Å². The molecule has 2 atom stereocenters. The molecule has 35 heavy (non-hydrogen) atoms. The number of hydrogen-bond acceptors (Lipinski definition) is 5. The fourth-order valence-corrected chi connectivity index (χ4v) is 5.69. The highest BCUT2D eigenvalue weighted by Crippen LogP contribution is 2.52. The van der Waals surface area contributed by atoms with Gasteiger partial charge >= 0.3 is 12.1 Å². The summed E-state index contributed by atoms with van der Waals surface area (Å²) in [5, 5.41) is 16.1. The Morgan fingerprint density at radius 3 is 2.23 bits per heavy atom. The van der Waals surface area contributed by atoms with Crippen molar-refractivity contribution in [1.29, 1.82) is 0 Å². The number of amides is 2. The average Bonchev–Trinajstić information content (AvgIpc) is 3.14. The molecule has 0 bridgehead atoms. The van der Waals surface area contributed by atoms with Crippen LogP contribution in [-0.2, 0) is 16.6 Å². The Morgan fingerprint density at radius 2 is 1.63 bits per heavy atom. The molecule has 0 spiro atoms. The third kappa shape index (κ3) is 3.54. The third-order valence-electron chi connectivity index (χ3n) is 7.38. The van der Waals surface area contributed by atoms with Crippen LogP contribution in [0.25, 0.3) is 11.1 Å². The summed E-state index contributed by atoms with van der Waals surface area (Å²) in [6, 6.07) is 16.2. The lowest BCUT2D eigenvalue weighted by Gasteiger charge is -2.18. The Kier molecular flexibility index (Phi) is 4.87. The Morgan fingerprint density at radius 1 is 1.03 bits per heavy atom. The summed E-state index contributed by atoms with van der Waals surface area (Å²) < 4.78 is 7.06. The molecular formula is C26H24N4O5. The molecule has 3 aromatic rings. The van der Waals surface area contributed by atoms with E-state index in [4.69, 9.17) is 4.74 Å². The van der Waals surface area contributed by atoms with Crippen LogP contribution in [-0.4, -0.2) is 57.5 Å². The van der Waals surface area contributed by atoms with Crippen molar-refractivity contribution in [3.8, 4) is 11.1 Å². The molecule has 9 heteroatoms. The number of carboxylic acids is 1. The van der Waals surface area contributed by atoms with Crippen molar-refractivity contribution >= 4 is 23.7 Å². The normalized spacial score (nSPS) is 21.7. The van der Waals surface area contributed by atoms with Crippen LogP contribution in [0, 0.1) is 17.8 Å². The van der Waals surface area contributed by atoms with Crippen LogP contribution < -0.4 is 5.32 Å². The Hall–Kier alpha value is -4.14. The van der Waals surface area contributed by atoms with Crippen LogP contribution in [0.3, 0.4) is 0 Å². The number of anilines is 1.